The number of hydrogen-bond acceptors (Lipinski definition) is 0. The maximum atomic E-state index is 5.30. The number of allylic oxidation sites excluding steroid dienone is 1. The molecule has 0 amide bonds. The molecule has 0 heterocycles. The first kappa shape index (κ1) is 9.61. The van der Waals surface area contributed by atoms with Gasteiger partial charge in [0.15, 0.2) is 0 Å². The summed E-state index contributed by atoms with van der Waals surface area (Å²) in [5.74, 6) is 3.20. The van der Waals surface area contributed by atoms with Crippen LogP contribution in [-0.2, 0) is 0 Å². The van der Waals surface area contributed by atoms with Gasteiger partial charge in [0.1, 0.15) is 0 Å². The summed E-state index contributed by atoms with van der Waals surface area (Å²) in [6.45, 7) is 4.31. The van der Waals surface area contributed by atoms with Crippen LogP contribution in [0, 0.1) is 18.3 Å². The summed E-state index contributed by atoms with van der Waals surface area (Å²) in [6.07, 6.45) is 9.57. The van der Waals surface area contributed by atoms with Crippen LogP contribution in [0.3, 0.4) is 0 Å². The molecule has 0 spiro atoms. The highest BCUT2D eigenvalue weighted by atomic mass is 13.9. The molecule has 66 valence electrons. The maximum Gasteiger partial charge on any atom is 0.0248 e. The SMILES string of the molecule is C#Cc1cccc(/C=C/C(C)C)c1. The van der Waals surface area contributed by atoms with Crippen molar-refractivity contribution in [1.82, 2.24) is 0 Å². The molecule has 1 aromatic carbocycles. The first-order valence-corrected chi connectivity index (χ1v) is 4.47. The quantitative estimate of drug-likeness (QED) is 0.597. The van der Waals surface area contributed by atoms with E-state index in [1.54, 1.807) is 0 Å². The molecule has 0 saturated carbocycles. The average Bonchev–Trinajstić information content (AvgIpc) is 2.15. The van der Waals surface area contributed by atoms with Crippen molar-refractivity contribution in [2.45, 2.75) is 13.8 Å². The number of hydrogen-bond donors (Lipinski definition) is 0. The van der Waals surface area contributed by atoms with Gasteiger partial charge in [-0.3, -0.25) is 0 Å². The van der Waals surface area contributed by atoms with E-state index in [4.69, 9.17) is 6.42 Å². The second-order valence-electron chi connectivity index (χ2n) is 3.37. The molecule has 0 heteroatoms. The monoisotopic (exact) mass is 170 g/mol. The fraction of sp³-hybridized carbons (Fsp3) is 0.231. The Bertz CT molecular complexity index is 337. The van der Waals surface area contributed by atoms with Gasteiger partial charge in [-0.25, -0.2) is 0 Å². The standard InChI is InChI=1S/C13H14/c1-4-12-6-5-7-13(10-12)9-8-11(2)3/h1,5-11H,2-3H3/b9-8+. The van der Waals surface area contributed by atoms with Gasteiger partial charge < -0.3 is 0 Å². The Kier molecular flexibility index (Phi) is 3.34. The number of terminal acetylenes is 1. The Balaban J connectivity index is 2.85. The minimum absolute atomic E-state index is 0.578. The molecule has 0 unspecified atom stereocenters. The molecular formula is C13H14. The summed E-state index contributed by atoms with van der Waals surface area (Å²) in [4.78, 5) is 0. The first-order valence-electron chi connectivity index (χ1n) is 4.47. The minimum Gasteiger partial charge on any atom is -0.115 e. The lowest BCUT2D eigenvalue weighted by Gasteiger charge is -1.96. The molecule has 0 aromatic heterocycles. The van der Waals surface area contributed by atoms with E-state index in [0.717, 1.165) is 5.56 Å². The van der Waals surface area contributed by atoms with E-state index in [2.05, 4.69) is 38.0 Å². The Morgan fingerprint density at radius 3 is 2.77 bits per heavy atom. The van der Waals surface area contributed by atoms with Gasteiger partial charge >= 0.3 is 0 Å². The van der Waals surface area contributed by atoms with E-state index in [9.17, 15) is 0 Å². The van der Waals surface area contributed by atoms with Crippen LogP contribution in [0.4, 0.5) is 0 Å². The molecule has 0 fully saturated rings. The zero-order valence-corrected chi connectivity index (χ0v) is 8.12. The molecule has 0 bridgehead atoms. The molecule has 0 aliphatic rings. The predicted octanol–water partition coefficient (Wildman–Crippen LogP) is 3.34. The molecule has 0 radical (unpaired) electrons. The summed E-state index contributed by atoms with van der Waals surface area (Å²) >= 11 is 0. The molecule has 1 rings (SSSR count). The molecule has 13 heavy (non-hydrogen) atoms. The average molecular weight is 170 g/mol. The Morgan fingerprint density at radius 2 is 2.15 bits per heavy atom. The van der Waals surface area contributed by atoms with Crippen LogP contribution in [0.1, 0.15) is 25.0 Å². The van der Waals surface area contributed by atoms with Gasteiger partial charge in [-0.15, -0.1) is 6.42 Å². The fourth-order valence-electron chi connectivity index (χ4n) is 1.04. The Hall–Kier alpha value is -1.48. The largest absolute Gasteiger partial charge is 0.115 e. The lowest BCUT2D eigenvalue weighted by Crippen LogP contribution is -1.79. The van der Waals surface area contributed by atoms with Gasteiger partial charge in [0.05, 0.1) is 0 Å². The third kappa shape index (κ3) is 3.17. The topological polar surface area (TPSA) is 0 Å². The third-order valence-electron chi connectivity index (χ3n) is 1.73. The van der Waals surface area contributed by atoms with E-state index in [1.165, 1.54) is 5.56 Å². The van der Waals surface area contributed by atoms with Gasteiger partial charge in [-0.05, 0) is 23.6 Å². The number of rotatable bonds is 2. The van der Waals surface area contributed by atoms with Crippen LogP contribution < -0.4 is 0 Å². The van der Waals surface area contributed by atoms with Crippen LogP contribution in [0.2, 0.25) is 0 Å². The van der Waals surface area contributed by atoms with Gasteiger partial charge in [-0.2, -0.15) is 0 Å². The van der Waals surface area contributed by atoms with Crippen LogP contribution in [-0.4, -0.2) is 0 Å². The van der Waals surface area contributed by atoms with Crippen molar-refractivity contribution in [3.05, 3.63) is 41.5 Å². The predicted molar refractivity (Wildman–Crippen MR) is 58.2 cm³/mol. The lowest BCUT2D eigenvalue weighted by molar-refractivity contribution is 0.836. The molecule has 0 N–H and O–H groups in total. The molecule has 0 aliphatic carbocycles. The van der Waals surface area contributed by atoms with Gasteiger partial charge in [0.25, 0.3) is 0 Å². The summed E-state index contributed by atoms with van der Waals surface area (Å²) in [6, 6.07) is 7.99. The van der Waals surface area contributed by atoms with Gasteiger partial charge in [-0.1, -0.05) is 44.1 Å². The van der Waals surface area contributed by atoms with Crippen molar-refractivity contribution in [3.63, 3.8) is 0 Å². The van der Waals surface area contributed by atoms with Crippen molar-refractivity contribution in [2.75, 3.05) is 0 Å². The van der Waals surface area contributed by atoms with Gasteiger partial charge in [0.2, 0.25) is 0 Å². The maximum absolute atomic E-state index is 5.30. The molecule has 0 aliphatic heterocycles. The van der Waals surface area contributed by atoms with Gasteiger partial charge in [0, 0.05) is 5.56 Å². The van der Waals surface area contributed by atoms with E-state index >= 15 is 0 Å². The van der Waals surface area contributed by atoms with Crippen molar-refractivity contribution in [3.8, 4) is 12.3 Å². The molecule has 0 atom stereocenters. The summed E-state index contributed by atoms with van der Waals surface area (Å²) in [5.41, 5.74) is 2.11. The van der Waals surface area contributed by atoms with Crippen LogP contribution in [0.5, 0.6) is 0 Å². The van der Waals surface area contributed by atoms with E-state index in [1.807, 2.05) is 18.2 Å². The van der Waals surface area contributed by atoms with Crippen LogP contribution in [0.25, 0.3) is 6.08 Å². The Morgan fingerprint density at radius 1 is 1.38 bits per heavy atom. The van der Waals surface area contributed by atoms with Crippen LogP contribution >= 0.6 is 0 Å². The van der Waals surface area contributed by atoms with Crippen LogP contribution in [0.15, 0.2) is 30.3 Å². The molecule has 0 saturated heterocycles. The normalized spacial score (nSPS) is 10.6. The van der Waals surface area contributed by atoms with Crippen molar-refractivity contribution < 1.29 is 0 Å². The highest BCUT2D eigenvalue weighted by Crippen LogP contribution is 2.07. The minimum atomic E-state index is 0.578. The second kappa shape index (κ2) is 4.52. The second-order valence-corrected chi connectivity index (χ2v) is 3.37. The smallest absolute Gasteiger partial charge is 0.0248 e. The molecular weight excluding hydrogens is 156 g/mol. The van der Waals surface area contributed by atoms with Crippen molar-refractivity contribution in [1.29, 1.82) is 0 Å². The molecule has 0 nitrogen and oxygen atoms in total. The van der Waals surface area contributed by atoms with E-state index in [0.29, 0.717) is 5.92 Å². The van der Waals surface area contributed by atoms with E-state index < -0.39 is 0 Å². The third-order valence-corrected chi connectivity index (χ3v) is 1.73. The lowest BCUT2D eigenvalue weighted by atomic mass is 10.1. The van der Waals surface area contributed by atoms with E-state index in [-0.39, 0.29) is 0 Å². The van der Waals surface area contributed by atoms with Crippen molar-refractivity contribution in [2.24, 2.45) is 5.92 Å². The summed E-state index contributed by atoms with van der Waals surface area (Å²) < 4.78 is 0. The van der Waals surface area contributed by atoms with Crippen molar-refractivity contribution >= 4 is 6.08 Å². The summed E-state index contributed by atoms with van der Waals surface area (Å²) in [5, 5.41) is 0. The highest BCUT2D eigenvalue weighted by molar-refractivity contribution is 5.52. The highest BCUT2D eigenvalue weighted by Gasteiger charge is 1.89. The molecule has 1 aromatic rings. The fourth-order valence-corrected chi connectivity index (χ4v) is 1.04. The zero-order chi connectivity index (χ0) is 9.68. The summed E-state index contributed by atoms with van der Waals surface area (Å²) in [7, 11) is 0. The number of benzene rings is 1. The Labute approximate surface area is 80.3 Å². The zero-order valence-electron chi connectivity index (χ0n) is 8.12. The first-order chi connectivity index (χ1) is 6.22.